The fraction of sp³-hybridized carbons (Fsp3) is 0.928. The molecule has 43 atom stereocenters. The largest absolute Gasteiger partial charge is 0.477 e. The third-order valence-electron chi connectivity index (χ3n) is 28.3. The summed E-state index contributed by atoms with van der Waals surface area (Å²) in [6, 6.07) is -7.01. The molecule has 28 N–H and O–H groups in total. The minimum atomic E-state index is -3.32. The number of carbonyl (C=O) groups is 5. The first kappa shape index (κ1) is 127. The van der Waals surface area contributed by atoms with Gasteiger partial charge in [0.2, 0.25) is 23.6 Å². The summed E-state index contributed by atoms with van der Waals surface area (Å²) in [7, 11) is 0. The van der Waals surface area contributed by atoms with E-state index in [2.05, 4.69) is 35.1 Å². The van der Waals surface area contributed by atoms with Crippen LogP contribution in [0, 0.1) is 0 Å². The van der Waals surface area contributed by atoms with Crippen molar-refractivity contribution in [1.29, 1.82) is 0 Å². The second-order valence-corrected chi connectivity index (χ2v) is 39.8. The Bertz CT molecular complexity index is 3700. The van der Waals surface area contributed by atoms with Crippen LogP contribution in [0.15, 0.2) is 12.2 Å². The lowest BCUT2D eigenvalue weighted by atomic mass is 9.88. The van der Waals surface area contributed by atoms with E-state index in [0.29, 0.717) is 12.8 Å². The van der Waals surface area contributed by atoms with Gasteiger partial charge in [0.05, 0.1) is 83.3 Å². The van der Waals surface area contributed by atoms with Crippen LogP contribution in [0.5, 0.6) is 0 Å². The lowest BCUT2D eigenvalue weighted by molar-refractivity contribution is -0.406. The molecular formula is C97H172N4O45. The molecule has 850 valence electrons. The van der Waals surface area contributed by atoms with Crippen LogP contribution in [0.1, 0.15) is 253 Å². The van der Waals surface area contributed by atoms with E-state index < -0.39 is 346 Å². The van der Waals surface area contributed by atoms with Crippen molar-refractivity contribution >= 4 is 29.6 Å². The van der Waals surface area contributed by atoms with Crippen molar-refractivity contribution in [2.24, 2.45) is 0 Å². The molecule has 8 saturated heterocycles. The molecule has 16 unspecified atom stereocenters. The van der Waals surface area contributed by atoms with Crippen LogP contribution < -0.4 is 21.3 Å². The molecule has 0 aliphatic carbocycles. The first-order valence-corrected chi connectivity index (χ1v) is 52.5. The Hall–Kier alpha value is -4.47. The number of aliphatic hydroxyl groups is 23. The molecule has 0 spiro atoms. The number of ether oxygens (including phenoxy) is 16. The monoisotopic (exact) mass is 2110 g/mol. The first-order valence-electron chi connectivity index (χ1n) is 52.5. The highest BCUT2D eigenvalue weighted by Crippen LogP contribution is 2.43. The molecular weight excluding hydrogens is 1940 g/mol. The fourth-order valence-corrected chi connectivity index (χ4v) is 19.8. The van der Waals surface area contributed by atoms with Gasteiger partial charge in [-0.25, -0.2) is 4.79 Å². The molecule has 8 aliphatic rings. The SMILES string of the molecule is CCCCCCCCCCCCC/C=C/[C@@H](O)[C@H](CO[C@@H]1OC(CO)[C@@H](O[C@@H]2OC(CO)[C@H](O)[C@H](O[C@@H]3OC(CO)[C@@H](O[C@@H]4OC(CO)[C@H](O)[C@H](O[C@H]5OC(CO)[C@H](O)[C@H](O[C@@H]6OC(CO)[C@H](O)[C@H](O[C@]7(C(=O)O)CC(O)[C@@H](NC(C)=O)C([C@H](O)[C@H](O)CO)O7)C6O)C5NC(C)=O)C4O[C@H]4OC(C)[C@@H](O)C(O)[C@@H]4O)[C@H](O)C3NC(C)=O)C2O)[C@H](O)C1O)NC(=O)CCCCCCCCCCCCCCCCCCCCC. The van der Waals surface area contributed by atoms with Crippen LogP contribution in [0.4, 0.5) is 0 Å². The van der Waals surface area contributed by atoms with Gasteiger partial charge in [-0.05, 0) is 26.2 Å². The molecule has 8 aliphatic heterocycles. The van der Waals surface area contributed by atoms with Crippen LogP contribution in [-0.2, 0) is 99.8 Å². The molecule has 4 amide bonds. The Morgan fingerprint density at radius 1 is 0.370 bits per heavy atom. The zero-order valence-corrected chi connectivity index (χ0v) is 84.7. The summed E-state index contributed by atoms with van der Waals surface area (Å²) in [6.07, 6.45) is -42.9. The predicted molar refractivity (Wildman–Crippen MR) is 505 cm³/mol. The van der Waals surface area contributed by atoms with Gasteiger partial charge in [-0.15, -0.1) is 0 Å². The fourth-order valence-electron chi connectivity index (χ4n) is 19.8. The highest BCUT2D eigenvalue weighted by atomic mass is 16.8. The van der Waals surface area contributed by atoms with Crippen molar-refractivity contribution in [1.82, 2.24) is 21.3 Å². The molecule has 0 radical (unpaired) electrons. The van der Waals surface area contributed by atoms with Crippen LogP contribution in [0.3, 0.4) is 0 Å². The molecule has 8 fully saturated rings. The first-order chi connectivity index (χ1) is 69.8. The van der Waals surface area contributed by atoms with E-state index in [4.69, 9.17) is 75.8 Å². The highest BCUT2D eigenvalue weighted by Gasteiger charge is 2.64. The molecule has 0 aromatic heterocycles. The van der Waals surface area contributed by atoms with Gasteiger partial charge in [-0.1, -0.05) is 206 Å². The lowest BCUT2D eigenvalue weighted by Crippen LogP contribution is -2.72. The van der Waals surface area contributed by atoms with E-state index in [9.17, 15) is 147 Å². The van der Waals surface area contributed by atoms with Crippen molar-refractivity contribution in [3.8, 4) is 0 Å². The van der Waals surface area contributed by atoms with Gasteiger partial charge in [0, 0.05) is 33.6 Å². The molecule has 8 heterocycles. The average Bonchev–Trinajstić information content (AvgIpc) is 0.744. The van der Waals surface area contributed by atoms with Crippen LogP contribution >= 0.6 is 0 Å². The van der Waals surface area contributed by atoms with Gasteiger partial charge in [-0.3, -0.25) is 19.2 Å². The number of allylic oxidation sites excluding steroid dienone is 1. The number of aliphatic hydroxyl groups excluding tert-OH is 23. The molecule has 0 aromatic carbocycles. The number of hydrogen-bond acceptors (Lipinski definition) is 44. The van der Waals surface area contributed by atoms with Crippen LogP contribution in [0.25, 0.3) is 0 Å². The van der Waals surface area contributed by atoms with E-state index in [0.717, 1.165) is 78.6 Å². The minimum absolute atomic E-state index is 0.135. The normalized spacial score (nSPS) is 38.1. The second kappa shape index (κ2) is 64.8. The smallest absolute Gasteiger partial charge is 0.364 e. The molecule has 0 aromatic rings. The van der Waals surface area contributed by atoms with Crippen molar-refractivity contribution in [2.75, 3.05) is 52.9 Å². The standard InChI is InChI=1S/C97H172N4O45/c1-7-9-11-13-15-17-19-21-22-23-24-25-26-28-30-32-34-36-38-40-64(115)101-54(55(112)39-37-35-33-31-29-27-20-18-16-14-12-10-8-2)49-131-91-78(126)76(124)82(63(48-108)138-91)139-93-79(127)85(71(119)59(44-104)134-93)142-89-66(99-52(5)110)74(122)81(62(47-107)137-89)140-95-88(144-92-77(125)75(123)68(116)50(3)132-92)87(73(121)61(46-106)136-95)143-90-67(100-53(6)111)83(70(118)58(43-103)133-90)141-94-80(128)86(72(120)60(45-105)135-94)146-97(96(129)130)41-56(113)65(98-51(4)109)84(145-97)69(117)57(114)42-102/h37,39,50,54-63,65-95,102-108,112-114,116-128H,7-36,38,40-49H2,1-6H3,(H,98,109)(H,99,110)(H,100,111)(H,101,115)(H,129,130)/b39-37+/t50?,54-,55+,56?,57+,58?,59?,60?,61?,62?,63?,65+,66?,67?,68+,69+,70-,71-,72-,73-,74+,75?,76+,77-,78?,79?,80?,81+,82+,83+,84?,85-,86-,87-,88?,89-,90+,91+,92+,93-,94-,95-,97-/m0/s1. The maximum Gasteiger partial charge on any atom is 0.364 e. The summed E-state index contributed by atoms with van der Waals surface area (Å²) in [6.45, 7) is -0.305. The van der Waals surface area contributed by atoms with Gasteiger partial charge >= 0.3 is 5.97 Å². The number of amides is 4. The zero-order chi connectivity index (χ0) is 107. The average molecular weight is 2110 g/mol. The Labute approximate surface area is 851 Å². The summed E-state index contributed by atoms with van der Waals surface area (Å²) in [5.74, 6) is -8.76. The van der Waals surface area contributed by atoms with E-state index >= 15 is 0 Å². The maximum atomic E-state index is 13.7. The quantitative estimate of drug-likeness (QED) is 0.0201. The molecule has 0 bridgehead atoms. The Morgan fingerprint density at radius 2 is 0.740 bits per heavy atom. The zero-order valence-electron chi connectivity index (χ0n) is 84.7. The van der Waals surface area contributed by atoms with Gasteiger partial charge < -0.3 is 220 Å². The predicted octanol–water partition coefficient (Wildman–Crippen LogP) is -4.84. The summed E-state index contributed by atoms with van der Waals surface area (Å²) in [4.78, 5) is 66.4. The van der Waals surface area contributed by atoms with Crippen LogP contribution in [0.2, 0.25) is 0 Å². The van der Waals surface area contributed by atoms with Crippen molar-refractivity contribution in [3.63, 3.8) is 0 Å². The summed E-state index contributed by atoms with van der Waals surface area (Å²) in [5.41, 5.74) is 0. The number of rotatable bonds is 65. The number of carbonyl (C=O) groups excluding carboxylic acids is 4. The minimum Gasteiger partial charge on any atom is -0.477 e. The lowest BCUT2D eigenvalue weighted by Gasteiger charge is -2.52. The van der Waals surface area contributed by atoms with E-state index in [-0.39, 0.29) is 12.3 Å². The number of nitrogens with one attached hydrogen (secondary N) is 4. The third kappa shape index (κ3) is 36.3. The highest BCUT2D eigenvalue weighted by molar-refractivity contribution is 5.77. The van der Waals surface area contributed by atoms with Crippen molar-refractivity contribution in [2.45, 2.75) is 517 Å². The van der Waals surface area contributed by atoms with Gasteiger partial charge in [0.15, 0.2) is 44.0 Å². The number of hydrogen-bond donors (Lipinski definition) is 28. The van der Waals surface area contributed by atoms with Gasteiger partial charge in [0.25, 0.3) is 5.79 Å². The summed E-state index contributed by atoms with van der Waals surface area (Å²) in [5, 5.41) is 284. The molecule has 8 rings (SSSR count). The number of unbranched alkanes of at least 4 members (excludes halogenated alkanes) is 29. The number of carboxylic acids is 1. The molecule has 146 heavy (non-hydrogen) atoms. The van der Waals surface area contributed by atoms with Crippen molar-refractivity contribution < 1.29 is 222 Å². The topological polar surface area (TPSA) is 767 Å². The van der Waals surface area contributed by atoms with E-state index in [1.807, 2.05) is 6.08 Å². The third-order valence-corrected chi connectivity index (χ3v) is 28.3. The number of aliphatic carboxylic acids is 1. The molecule has 49 heteroatoms. The Kier molecular flexibility index (Phi) is 56.2. The molecule has 49 nitrogen and oxygen atoms in total. The van der Waals surface area contributed by atoms with Gasteiger partial charge in [-0.2, -0.15) is 0 Å². The number of carboxylic acid groups (broad SMARTS) is 1. The Balaban J connectivity index is 0.981. The second-order valence-electron chi connectivity index (χ2n) is 39.8. The molecule has 0 saturated carbocycles. The summed E-state index contributed by atoms with van der Waals surface area (Å²) >= 11 is 0. The van der Waals surface area contributed by atoms with Gasteiger partial charge in [0.1, 0.15) is 183 Å². The Morgan fingerprint density at radius 3 is 1.23 bits per heavy atom. The van der Waals surface area contributed by atoms with Crippen molar-refractivity contribution in [3.05, 3.63) is 12.2 Å². The summed E-state index contributed by atoms with van der Waals surface area (Å²) < 4.78 is 97.1. The van der Waals surface area contributed by atoms with Crippen LogP contribution in [-0.4, -0.2) is 468 Å². The maximum absolute atomic E-state index is 13.7. The van der Waals surface area contributed by atoms with E-state index in [1.165, 1.54) is 135 Å². The van der Waals surface area contributed by atoms with E-state index in [1.54, 1.807) is 6.08 Å².